The predicted octanol–water partition coefficient (Wildman–Crippen LogP) is 2.29. The number of halogens is 1. The highest BCUT2D eigenvalue weighted by Gasteiger charge is 2.01. The Morgan fingerprint density at radius 3 is 2.60 bits per heavy atom. The van der Waals surface area contributed by atoms with E-state index in [0.29, 0.717) is 6.54 Å². The van der Waals surface area contributed by atoms with Gasteiger partial charge in [-0.15, -0.1) is 24.0 Å². The third-order valence-corrected chi connectivity index (χ3v) is 3.07. The van der Waals surface area contributed by atoms with Gasteiger partial charge in [0.2, 0.25) is 0 Å². The normalized spacial score (nSPS) is 11.3. The van der Waals surface area contributed by atoms with Gasteiger partial charge in [0, 0.05) is 13.6 Å². The van der Waals surface area contributed by atoms with Gasteiger partial charge in [-0.3, -0.25) is 4.99 Å². The van der Waals surface area contributed by atoms with Crippen LogP contribution in [-0.2, 0) is 6.54 Å². The summed E-state index contributed by atoms with van der Waals surface area (Å²) in [7, 11) is 1.78. The molecule has 0 unspecified atom stereocenters. The first-order chi connectivity index (χ1) is 9.30. The summed E-state index contributed by atoms with van der Waals surface area (Å²) in [6.07, 6.45) is 2.79. The molecule has 116 valence electrons. The molecule has 5 nitrogen and oxygen atoms in total. The van der Waals surface area contributed by atoms with Crippen molar-refractivity contribution in [2.45, 2.75) is 26.8 Å². The van der Waals surface area contributed by atoms with E-state index in [0.717, 1.165) is 44.3 Å². The molecule has 0 spiro atoms. The van der Waals surface area contributed by atoms with Crippen molar-refractivity contribution in [1.29, 1.82) is 0 Å². The molecule has 1 aromatic rings. The molecule has 1 aromatic heterocycles. The van der Waals surface area contributed by atoms with Crippen LogP contribution < -0.4 is 10.6 Å². The topological polar surface area (TPSA) is 52.8 Å². The van der Waals surface area contributed by atoms with Gasteiger partial charge in [-0.2, -0.15) is 0 Å². The molecule has 0 aliphatic rings. The fraction of sp³-hybridized carbons (Fsp3) is 0.643. The molecule has 0 atom stereocenters. The molecular weight excluding hydrogens is 367 g/mol. The molecule has 0 saturated carbocycles. The minimum atomic E-state index is 0. The zero-order valence-corrected chi connectivity index (χ0v) is 15.0. The second kappa shape index (κ2) is 12.0. The number of hydrogen-bond donors (Lipinski definition) is 2. The molecule has 0 aliphatic carbocycles. The molecule has 1 heterocycles. The number of nitrogens with zero attached hydrogens (tertiary/aromatic N) is 2. The molecule has 0 bridgehead atoms. The largest absolute Gasteiger partial charge is 0.467 e. The lowest BCUT2D eigenvalue weighted by atomic mass is 10.3. The highest BCUT2D eigenvalue weighted by Crippen LogP contribution is 1.98. The van der Waals surface area contributed by atoms with E-state index in [1.54, 1.807) is 13.3 Å². The third kappa shape index (κ3) is 7.74. The monoisotopic (exact) mass is 394 g/mol. The average Bonchev–Trinajstić information content (AvgIpc) is 2.95. The van der Waals surface area contributed by atoms with E-state index in [2.05, 4.69) is 34.4 Å². The van der Waals surface area contributed by atoms with Crippen LogP contribution in [0.3, 0.4) is 0 Å². The zero-order chi connectivity index (χ0) is 13.9. The second-order valence-electron chi connectivity index (χ2n) is 4.31. The maximum atomic E-state index is 5.26. The minimum Gasteiger partial charge on any atom is -0.467 e. The summed E-state index contributed by atoms with van der Waals surface area (Å²) in [4.78, 5) is 6.60. The fourth-order valence-electron chi connectivity index (χ4n) is 1.85. The van der Waals surface area contributed by atoms with Crippen molar-refractivity contribution in [2.75, 3.05) is 33.2 Å². The molecular formula is C14H27IN4O. The summed E-state index contributed by atoms with van der Waals surface area (Å²) in [5.41, 5.74) is 0. The quantitative estimate of drug-likeness (QED) is 0.308. The van der Waals surface area contributed by atoms with Gasteiger partial charge < -0.3 is 20.0 Å². The number of rotatable bonds is 8. The molecule has 20 heavy (non-hydrogen) atoms. The van der Waals surface area contributed by atoms with Crippen LogP contribution in [0.1, 0.15) is 26.0 Å². The maximum absolute atomic E-state index is 5.26. The predicted molar refractivity (Wildman–Crippen MR) is 94.7 cm³/mol. The maximum Gasteiger partial charge on any atom is 0.191 e. The number of nitrogens with one attached hydrogen (secondary N) is 2. The van der Waals surface area contributed by atoms with Crippen LogP contribution in [0.2, 0.25) is 0 Å². The zero-order valence-electron chi connectivity index (χ0n) is 12.7. The lowest BCUT2D eigenvalue weighted by molar-refractivity contribution is 0.300. The molecule has 0 aliphatic heterocycles. The molecule has 0 radical (unpaired) electrons. The molecule has 0 saturated heterocycles. The average molecular weight is 394 g/mol. The van der Waals surface area contributed by atoms with E-state index in [-0.39, 0.29) is 24.0 Å². The van der Waals surface area contributed by atoms with E-state index in [1.807, 2.05) is 12.1 Å². The van der Waals surface area contributed by atoms with Crippen LogP contribution >= 0.6 is 24.0 Å². The van der Waals surface area contributed by atoms with E-state index in [9.17, 15) is 0 Å². The van der Waals surface area contributed by atoms with Crippen molar-refractivity contribution in [2.24, 2.45) is 4.99 Å². The van der Waals surface area contributed by atoms with Crippen molar-refractivity contribution >= 4 is 29.9 Å². The summed E-state index contributed by atoms with van der Waals surface area (Å²) < 4.78 is 5.26. The van der Waals surface area contributed by atoms with Crippen molar-refractivity contribution in [3.8, 4) is 0 Å². The van der Waals surface area contributed by atoms with E-state index in [1.165, 1.54) is 0 Å². The summed E-state index contributed by atoms with van der Waals surface area (Å²) in [5.74, 6) is 1.72. The molecule has 6 heteroatoms. The van der Waals surface area contributed by atoms with Gasteiger partial charge in [-0.05, 0) is 38.2 Å². The van der Waals surface area contributed by atoms with E-state index in [4.69, 9.17) is 4.42 Å². The summed E-state index contributed by atoms with van der Waals surface area (Å²) in [6.45, 7) is 9.32. The van der Waals surface area contributed by atoms with E-state index < -0.39 is 0 Å². The smallest absolute Gasteiger partial charge is 0.191 e. The first-order valence-corrected chi connectivity index (χ1v) is 6.99. The lowest BCUT2D eigenvalue weighted by Gasteiger charge is -2.18. The van der Waals surface area contributed by atoms with Gasteiger partial charge in [0.15, 0.2) is 5.96 Å². The van der Waals surface area contributed by atoms with Gasteiger partial charge in [0.05, 0.1) is 12.8 Å². The molecule has 1 rings (SSSR count). The second-order valence-corrected chi connectivity index (χ2v) is 4.31. The Morgan fingerprint density at radius 2 is 2.05 bits per heavy atom. The number of hydrogen-bond acceptors (Lipinski definition) is 3. The van der Waals surface area contributed by atoms with Crippen molar-refractivity contribution in [3.05, 3.63) is 24.2 Å². The minimum absolute atomic E-state index is 0. The summed E-state index contributed by atoms with van der Waals surface area (Å²) >= 11 is 0. The standard InChI is InChI=1S/C14H26N4O.HI/c1-4-18(5-2)10-7-9-16-14(15-3)17-12-13-8-6-11-19-13;/h6,8,11H,4-5,7,9-10,12H2,1-3H3,(H2,15,16,17);1H. The molecule has 2 N–H and O–H groups in total. The summed E-state index contributed by atoms with van der Waals surface area (Å²) in [6, 6.07) is 3.83. The Morgan fingerprint density at radius 1 is 1.30 bits per heavy atom. The Bertz CT molecular complexity index is 350. The third-order valence-electron chi connectivity index (χ3n) is 3.07. The van der Waals surface area contributed by atoms with Crippen molar-refractivity contribution in [3.63, 3.8) is 0 Å². The van der Waals surface area contributed by atoms with Crippen LogP contribution in [0.4, 0.5) is 0 Å². The Labute approximate surface area is 139 Å². The molecule has 0 aromatic carbocycles. The van der Waals surface area contributed by atoms with Gasteiger partial charge in [0.1, 0.15) is 5.76 Å². The van der Waals surface area contributed by atoms with Crippen LogP contribution in [0.25, 0.3) is 0 Å². The first kappa shape index (κ1) is 19.2. The SMILES string of the molecule is CCN(CC)CCCNC(=NC)NCc1ccco1.I. The van der Waals surface area contributed by atoms with Gasteiger partial charge in [-0.1, -0.05) is 13.8 Å². The van der Waals surface area contributed by atoms with E-state index >= 15 is 0 Å². The van der Waals surface area contributed by atoms with Crippen LogP contribution in [-0.4, -0.2) is 44.1 Å². The first-order valence-electron chi connectivity index (χ1n) is 6.99. The van der Waals surface area contributed by atoms with Crippen LogP contribution in [0, 0.1) is 0 Å². The number of aliphatic imine (C=N–C) groups is 1. The van der Waals surface area contributed by atoms with Crippen molar-refractivity contribution < 1.29 is 4.42 Å². The Kier molecular flexibility index (Phi) is 11.6. The van der Waals surface area contributed by atoms with Gasteiger partial charge in [0.25, 0.3) is 0 Å². The molecule has 0 amide bonds. The highest BCUT2D eigenvalue weighted by atomic mass is 127. The lowest BCUT2D eigenvalue weighted by Crippen LogP contribution is -2.38. The fourth-order valence-corrected chi connectivity index (χ4v) is 1.85. The number of guanidine groups is 1. The van der Waals surface area contributed by atoms with Gasteiger partial charge in [-0.25, -0.2) is 0 Å². The number of furan rings is 1. The highest BCUT2D eigenvalue weighted by molar-refractivity contribution is 14.0. The van der Waals surface area contributed by atoms with Crippen molar-refractivity contribution in [1.82, 2.24) is 15.5 Å². The van der Waals surface area contributed by atoms with Crippen LogP contribution in [0.15, 0.2) is 27.8 Å². The summed E-state index contributed by atoms with van der Waals surface area (Å²) in [5, 5.41) is 6.53. The van der Waals surface area contributed by atoms with Crippen LogP contribution in [0.5, 0.6) is 0 Å². The van der Waals surface area contributed by atoms with Gasteiger partial charge >= 0.3 is 0 Å². The Hall–Kier alpha value is -0.760. The Balaban J connectivity index is 0.00000361. The molecule has 0 fully saturated rings.